The third kappa shape index (κ3) is 5.61. The Bertz CT molecular complexity index is 605. The van der Waals surface area contributed by atoms with Crippen molar-refractivity contribution in [1.29, 1.82) is 0 Å². The molecule has 1 aromatic rings. The molecule has 1 saturated carbocycles. The minimum absolute atomic E-state index is 0. The highest BCUT2D eigenvalue weighted by atomic mass is 35.5. The number of amides is 1. The van der Waals surface area contributed by atoms with Crippen LogP contribution in [-0.2, 0) is 4.79 Å². The maximum atomic E-state index is 12.9. The smallest absolute Gasteiger partial charge is 0.226 e. The van der Waals surface area contributed by atoms with Crippen LogP contribution < -0.4 is 5.32 Å². The fourth-order valence-electron chi connectivity index (χ4n) is 3.19. The van der Waals surface area contributed by atoms with Crippen LogP contribution in [0.1, 0.15) is 38.5 Å². The minimum Gasteiger partial charge on any atom is -0.350 e. The summed E-state index contributed by atoms with van der Waals surface area (Å²) in [6.07, 6.45) is 6.68. The summed E-state index contributed by atoms with van der Waals surface area (Å²) in [6.45, 7) is 0. The van der Waals surface area contributed by atoms with Gasteiger partial charge in [-0.05, 0) is 37.1 Å². The number of nitrogens with one attached hydrogen (secondary N) is 1. The standard InChI is InChI=1S/C18H24FN3OS.ClH/c1-22-16(11-17(23)20-15-9-7-13(19)8-10-15)12-24-18(22)21-14-5-3-2-4-6-14;/h7-10,14,16H,2-6,11-12H2,1H3,(H,20,23);1H/b21-18-;. The SMILES string of the molecule is CN1/C(=N/C2CCCCC2)SCC1CC(=O)Nc1ccc(F)cc1.Cl. The zero-order valence-electron chi connectivity index (χ0n) is 14.4. The molecule has 25 heavy (non-hydrogen) atoms. The average Bonchev–Trinajstić information content (AvgIpc) is 2.91. The van der Waals surface area contributed by atoms with E-state index in [1.54, 1.807) is 23.9 Å². The number of thioether (sulfide) groups is 1. The van der Waals surface area contributed by atoms with E-state index in [-0.39, 0.29) is 30.2 Å². The van der Waals surface area contributed by atoms with E-state index in [1.165, 1.54) is 44.2 Å². The van der Waals surface area contributed by atoms with Crippen LogP contribution in [0.3, 0.4) is 0 Å². The maximum absolute atomic E-state index is 12.9. The lowest BCUT2D eigenvalue weighted by atomic mass is 9.96. The fraction of sp³-hybridized carbons (Fsp3) is 0.556. The Balaban J connectivity index is 0.00000225. The van der Waals surface area contributed by atoms with Crippen LogP contribution in [0.15, 0.2) is 29.3 Å². The Kier molecular flexibility index (Phi) is 7.56. The molecular weight excluding hydrogens is 361 g/mol. The molecule has 1 aliphatic heterocycles. The van der Waals surface area contributed by atoms with Gasteiger partial charge in [-0.25, -0.2) is 4.39 Å². The van der Waals surface area contributed by atoms with Crippen LogP contribution in [0.25, 0.3) is 0 Å². The molecule has 1 amide bonds. The van der Waals surface area contributed by atoms with Crippen molar-refractivity contribution in [3.63, 3.8) is 0 Å². The third-order valence-electron chi connectivity index (χ3n) is 4.67. The van der Waals surface area contributed by atoms with E-state index in [9.17, 15) is 9.18 Å². The third-order valence-corrected chi connectivity index (χ3v) is 5.87. The van der Waals surface area contributed by atoms with Gasteiger partial charge in [-0.3, -0.25) is 9.79 Å². The number of carbonyl (C=O) groups excluding carboxylic acids is 1. The predicted molar refractivity (Wildman–Crippen MR) is 105 cm³/mol. The van der Waals surface area contributed by atoms with E-state index in [2.05, 4.69) is 10.2 Å². The van der Waals surface area contributed by atoms with Gasteiger partial charge in [0.05, 0.1) is 6.04 Å². The van der Waals surface area contributed by atoms with Gasteiger partial charge in [0.25, 0.3) is 0 Å². The number of benzene rings is 1. The van der Waals surface area contributed by atoms with Crippen molar-refractivity contribution < 1.29 is 9.18 Å². The van der Waals surface area contributed by atoms with E-state index in [0.29, 0.717) is 18.2 Å². The normalized spacial score (nSPS) is 22.7. The van der Waals surface area contributed by atoms with Crippen LogP contribution in [-0.4, -0.2) is 40.9 Å². The van der Waals surface area contributed by atoms with Gasteiger partial charge >= 0.3 is 0 Å². The average molecular weight is 386 g/mol. The lowest BCUT2D eigenvalue weighted by molar-refractivity contribution is -0.116. The molecule has 1 aromatic carbocycles. The van der Waals surface area contributed by atoms with E-state index >= 15 is 0 Å². The van der Waals surface area contributed by atoms with Crippen molar-refractivity contribution in [1.82, 2.24) is 4.90 Å². The summed E-state index contributed by atoms with van der Waals surface area (Å²) < 4.78 is 12.9. The summed E-state index contributed by atoms with van der Waals surface area (Å²) in [5.41, 5.74) is 0.630. The molecule has 2 aliphatic rings. The van der Waals surface area contributed by atoms with E-state index < -0.39 is 0 Å². The minimum atomic E-state index is -0.302. The van der Waals surface area contributed by atoms with Crippen molar-refractivity contribution >= 4 is 40.9 Å². The number of nitrogens with zero attached hydrogens (tertiary/aromatic N) is 2. The predicted octanol–water partition coefficient (Wildman–Crippen LogP) is 4.31. The number of anilines is 1. The second kappa shape index (κ2) is 9.43. The number of halogens is 2. The number of carbonyl (C=O) groups is 1. The quantitative estimate of drug-likeness (QED) is 0.839. The lowest BCUT2D eigenvalue weighted by Crippen LogP contribution is -2.34. The molecule has 0 aromatic heterocycles. The lowest BCUT2D eigenvalue weighted by Gasteiger charge is -2.23. The van der Waals surface area contributed by atoms with Crippen molar-refractivity contribution in [2.24, 2.45) is 4.99 Å². The zero-order chi connectivity index (χ0) is 16.9. The first kappa shape index (κ1) is 20.0. The summed E-state index contributed by atoms with van der Waals surface area (Å²) >= 11 is 1.75. The number of amidine groups is 1. The number of rotatable bonds is 4. The summed E-state index contributed by atoms with van der Waals surface area (Å²) in [5, 5.41) is 3.90. The maximum Gasteiger partial charge on any atom is 0.226 e. The van der Waals surface area contributed by atoms with Gasteiger partial charge in [-0.1, -0.05) is 31.0 Å². The molecule has 7 heteroatoms. The van der Waals surface area contributed by atoms with E-state index in [1.807, 2.05) is 7.05 Å². The molecule has 0 radical (unpaired) electrons. The summed E-state index contributed by atoms with van der Waals surface area (Å²) in [7, 11) is 2.03. The molecule has 1 aliphatic carbocycles. The zero-order valence-corrected chi connectivity index (χ0v) is 16.0. The Morgan fingerprint density at radius 2 is 1.96 bits per heavy atom. The van der Waals surface area contributed by atoms with Crippen molar-refractivity contribution in [2.75, 3.05) is 18.1 Å². The second-order valence-electron chi connectivity index (χ2n) is 6.54. The van der Waals surface area contributed by atoms with Gasteiger partial charge in [0.15, 0.2) is 5.17 Å². The highest BCUT2D eigenvalue weighted by Crippen LogP contribution is 2.28. The fourth-order valence-corrected chi connectivity index (χ4v) is 4.45. The first-order chi connectivity index (χ1) is 11.6. The van der Waals surface area contributed by atoms with Crippen LogP contribution in [0.5, 0.6) is 0 Å². The van der Waals surface area contributed by atoms with E-state index in [0.717, 1.165) is 10.9 Å². The number of hydrogen-bond donors (Lipinski definition) is 1. The van der Waals surface area contributed by atoms with Gasteiger partial charge in [0.1, 0.15) is 5.82 Å². The van der Waals surface area contributed by atoms with Crippen LogP contribution in [0.2, 0.25) is 0 Å². The van der Waals surface area contributed by atoms with Gasteiger partial charge in [0, 0.05) is 31.0 Å². The van der Waals surface area contributed by atoms with Crippen LogP contribution in [0, 0.1) is 5.82 Å². The molecule has 1 heterocycles. The van der Waals surface area contributed by atoms with Crippen molar-refractivity contribution in [3.05, 3.63) is 30.1 Å². The summed E-state index contributed by atoms with van der Waals surface area (Å²) in [6, 6.07) is 6.48. The molecule has 1 saturated heterocycles. The molecule has 0 bridgehead atoms. The van der Waals surface area contributed by atoms with Gasteiger partial charge in [-0.15, -0.1) is 12.4 Å². The van der Waals surface area contributed by atoms with Gasteiger partial charge in [0.2, 0.25) is 5.91 Å². The summed E-state index contributed by atoms with van der Waals surface area (Å²) in [5.74, 6) is 0.542. The van der Waals surface area contributed by atoms with Crippen LogP contribution in [0.4, 0.5) is 10.1 Å². The number of aliphatic imine (C=N–C) groups is 1. The first-order valence-corrected chi connectivity index (χ1v) is 9.59. The van der Waals surface area contributed by atoms with Gasteiger partial charge < -0.3 is 10.2 Å². The Morgan fingerprint density at radius 3 is 2.64 bits per heavy atom. The Labute approximate surface area is 159 Å². The monoisotopic (exact) mass is 385 g/mol. The largest absolute Gasteiger partial charge is 0.350 e. The van der Waals surface area contributed by atoms with Crippen LogP contribution >= 0.6 is 24.2 Å². The molecular formula is C18H25ClFN3OS. The highest BCUT2D eigenvalue weighted by molar-refractivity contribution is 8.14. The molecule has 1 N–H and O–H groups in total. The first-order valence-electron chi connectivity index (χ1n) is 8.60. The summed E-state index contributed by atoms with van der Waals surface area (Å²) in [4.78, 5) is 19.3. The molecule has 1 unspecified atom stereocenters. The highest BCUT2D eigenvalue weighted by Gasteiger charge is 2.29. The van der Waals surface area contributed by atoms with Crippen molar-refractivity contribution in [2.45, 2.75) is 50.6 Å². The Morgan fingerprint density at radius 1 is 1.28 bits per heavy atom. The topological polar surface area (TPSA) is 44.7 Å². The Hall–Kier alpha value is -1.27. The molecule has 4 nitrogen and oxygen atoms in total. The molecule has 2 fully saturated rings. The molecule has 0 spiro atoms. The molecule has 1 atom stereocenters. The molecule has 3 rings (SSSR count). The number of hydrogen-bond acceptors (Lipinski definition) is 3. The molecule has 138 valence electrons. The van der Waals surface area contributed by atoms with Gasteiger partial charge in [-0.2, -0.15) is 0 Å². The van der Waals surface area contributed by atoms with E-state index in [4.69, 9.17) is 4.99 Å². The second-order valence-corrected chi connectivity index (χ2v) is 7.53. The van der Waals surface area contributed by atoms with Crippen molar-refractivity contribution in [3.8, 4) is 0 Å².